The van der Waals surface area contributed by atoms with E-state index in [0.29, 0.717) is 6.42 Å². The highest BCUT2D eigenvalue weighted by Crippen LogP contribution is 2.15. The van der Waals surface area contributed by atoms with E-state index in [-0.39, 0.29) is 13.0 Å². The molecule has 0 bridgehead atoms. The highest BCUT2D eigenvalue weighted by molar-refractivity contribution is 7.87. The van der Waals surface area contributed by atoms with Crippen molar-refractivity contribution in [1.82, 2.24) is 5.32 Å². The SMILES string of the molecule is [CH]CNC(=O)C(CCCCCCCCCCCCCCCC)S(=O)(=O)O. The van der Waals surface area contributed by atoms with E-state index >= 15 is 0 Å². The maximum Gasteiger partial charge on any atom is 0.276 e. The molecular formula is C20H39NO4S. The van der Waals surface area contributed by atoms with Gasteiger partial charge in [-0.25, -0.2) is 0 Å². The number of amides is 1. The second-order valence-corrected chi connectivity index (χ2v) is 8.73. The van der Waals surface area contributed by atoms with Crippen LogP contribution in [0.1, 0.15) is 103 Å². The van der Waals surface area contributed by atoms with Gasteiger partial charge in [0, 0.05) is 6.54 Å². The van der Waals surface area contributed by atoms with Gasteiger partial charge in [-0.15, -0.1) is 0 Å². The van der Waals surface area contributed by atoms with Gasteiger partial charge >= 0.3 is 0 Å². The summed E-state index contributed by atoms with van der Waals surface area (Å²) in [6.45, 7) is 7.29. The van der Waals surface area contributed by atoms with Gasteiger partial charge in [0.2, 0.25) is 5.91 Å². The molecule has 0 rings (SSSR count). The van der Waals surface area contributed by atoms with E-state index in [9.17, 15) is 13.2 Å². The van der Waals surface area contributed by atoms with Crippen LogP contribution in [0.5, 0.6) is 0 Å². The Morgan fingerprint density at radius 2 is 1.23 bits per heavy atom. The Bertz CT molecular complexity index is 437. The summed E-state index contributed by atoms with van der Waals surface area (Å²) in [4.78, 5) is 11.6. The fourth-order valence-corrected chi connectivity index (χ4v) is 3.97. The summed E-state index contributed by atoms with van der Waals surface area (Å²) in [6.07, 6.45) is 17.1. The van der Waals surface area contributed by atoms with Crippen LogP contribution in [0.25, 0.3) is 0 Å². The van der Waals surface area contributed by atoms with Crippen molar-refractivity contribution < 1.29 is 17.8 Å². The summed E-state index contributed by atoms with van der Waals surface area (Å²) in [5, 5.41) is 0.852. The highest BCUT2D eigenvalue weighted by Gasteiger charge is 2.29. The Balaban J connectivity index is 3.55. The lowest BCUT2D eigenvalue weighted by molar-refractivity contribution is -0.120. The van der Waals surface area contributed by atoms with Crippen LogP contribution in [-0.4, -0.2) is 30.7 Å². The lowest BCUT2D eigenvalue weighted by Crippen LogP contribution is -2.39. The molecule has 2 radical (unpaired) electrons. The summed E-state index contributed by atoms with van der Waals surface area (Å²) < 4.78 is 31.7. The van der Waals surface area contributed by atoms with Crippen molar-refractivity contribution in [3.63, 3.8) is 0 Å². The number of hydrogen-bond donors (Lipinski definition) is 2. The molecule has 2 N–H and O–H groups in total. The number of nitrogens with one attached hydrogen (secondary N) is 1. The maximum atomic E-state index is 11.6. The van der Waals surface area contributed by atoms with Gasteiger partial charge in [0.05, 0.1) is 0 Å². The number of hydrogen-bond acceptors (Lipinski definition) is 3. The average Bonchev–Trinajstić information content (AvgIpc) is 2.57. The van der Waals surface area contributed by atoms with Crippen LogP contribution in [-0.2, 0) is 14.9 Å². The van der Waals surface area contributed by atoms with Gasteiger partial charge in [-0.05, 0) is 13.3 Å². The molecule has 1 atom stereocenters. The number of carbonyl (C=O) groups excluding carboxylic acids is 1. The molecule has 0 aromatic rings. The quantitative estimate of drug-likeness (QED) is 0.257. The van der Waals surface area contributed by atoms with Gasteiger partial charge < -0.3 is 5.32 Å². The van der Waals surface area contributed by atoms with E-state index in [4.69, 9.17) is 11.5 Å². The normalized spacial score (nSPS) is 12.9. The average molecular weight is 390 g/mol. The second kappa shape index (κ2) is 16.5. The van der Waals surface area contributed by atoms with Crippen LogP contribution < -0.4 is 5.32 Å². The zero-order chi connectivity index (χ0) is 19.7. The zero-order valence-corrected chi connectivity index (χ0v) is 17.4. The van der Waals surface area contributed by atoms with Gasteiger partial charge in [-0.3, -0.25) is 9.35 Å². The minimum atomic E-state index is -4.37. The Labute approximate surface area is 161 Å². The maximum absolute atomic E-state index is 11.6. The first kappa shape index (κ1) is 25.4. The number of carbonyl (C=O) groups is 1. The summed E-state index contributed by atoms with van der Waals surface area (Å²) in [7, 11) is -4.37. The first-order valence-corrected chi connectivity index (χ1v) is 11.9. The molecule has 0 fully saturated rings. The smallest absolute Gasteiger partial charge is 0.276 e. The molecule has 1 amide bonds. The van der Waals surface area contributed by atoms with E-state index in [1.165, 1.54) is 64.2 Å². The molecule has 0 saturated heterocycles. The molecule has 0 aliphatic heterocycles. The molecule has 5 nitrogen and oxygen atoms in total. The predicted molar refractivity (Wildman–Crippen MR) is 108 cm³/mol. The van der Waals surface area contributed by atoms with Crippen molar-refractivity contribution >= 4 is 16.0 Å². The first-order chi connectivity index (χ1) is 12.4. The van der Waals surface area contributed by atoms with Crippen molar-refractivity contribution in [2.45, 2.75) is 108 Å². The fraction of sp³-hybridized carbons (Fsp3) is 0.900. The van der Waals surface area contributed by atoms with Crippen LogP contribution in [0.15, 0.2) is 0 Å². The topological polar surface area (TPSA) is 83.5 Å². The highest BCUT2D eigenvalue weighted by atomic mass is 32.2. The van der Waals surface area contributed by atoms with Gasteiger partial charge in [0.25, 0.3) is 10.1 Å². The second-order valence-electron chi connectivity index (χ2n) is 7.13. The number of rotatable bonds is 18. The van der Waals surface area contributed by atoms with Crippen molar-refractivity contribution in [2.75, 3.05) is 6.54 Å². The molecule has 0 aliphatic carbocycles. The standard InChI is InChI=1S/C20H39NO4S/c1-3-5-6-7-8-9-10-11-12-13-14-15-16-17-18-19(26(23,24)25)20(22)21-4-2/h2,19H,3-18H2,1H3,(H,21,22)(H,23,24,25). The molecule has 0 aliphatic rings. The van der Waals surface area contributed by atoms with E-state index in [0.717, 1.165) is 19.3 Å². The van der Waals surface area contributed by atoms with Crippen molar-refractivity contribution in [1.29, 1.82) is 0 Å². The molecule has 0 aromatic heterocycles. The largest absolute Gasteiger partial charge is 0.355 e. The zero-order valence-electron chi connectivity index (χ0n) is 16.5. The molecular weight excluding hydrogens is 350 g/mol. The van der Waals surface area contributed by atoms with E-state index in [2.05, 4.69) is 12.2 Å². The van der Waals surface area contributed by atoms with Crippen LogP contribution in [0.2, 0.25) is 0 Å². The van der Waals surface area contributed by atoms with E-state index in [1.807, 2.05) is 0 Å². The monoisotopic (exact) mass is 389 g/mol. The third kappa shape index (κ3) is 14.5. The molecule has 0 saturated carbocycles. The minimum Gasteiger partial charge on any atom is -0.355 e. The molecule has 0 spiro atoms. The fourth-order valence-electron chi connectivity index (χ4n) is 3.15. The minimum absolute atomic E-state index is 0.135. The van der Waals surface area contributed by atoms with Gasteiger partial charge in [-0.2, -0.15) is 8.42 Å². The lowest BCUT2D eigenvalue weighted by Gasteiger charge is -2.13. The first-order valence-electron chi connectivity index (χ1n) is 10.4. The molecule has 0 aromatic carbocycles. The Kier molecular flexibility index (Phi) is 16.2. The van der Waals surface area contributed by atoms with E-state index < -0.39 is 21.3 Å². The molecule has 6 heteroatoms. The van der Waals surface area contributed by atoms with Crippen molar-refractivity contribution in [3.05, 3.63) is 6.92 Å². The van der Waals surface area contributed by atoms with Crippen LogP contribution in [0, 0.1) is 6.92 Å². The van der Waals surface area contributed by atoms with Gasteiger partial charge in [0.1, 0.15) is 0 Å². The third-order valence-corrected chi connectivity index (χ3v) is 5.92. The lowest BCUT2D eigenvalue weighted by atomic mass is 10.0. The summed E-state index contributed by atoms with van der Waals surface area (Å²) in [6, 6.07) is 0. The van der Waals surface area contributed by atoms with Gasteiger partial charge in [0.15, 0.2) is 5.25 Å². The number of unbranched alkanes of at least 4 members (excludes halogenated alkanes) is 13. The molecule has 1 unspecified atom stereocenters. The van der Waals surface area contributed by atoms with Crippen molar-refractivity contribution in [3.8, 4) is 0 Å². The summed E-state index contributed by atoms with van der Waals surface area (Å²) in [5.74, 6) is -0.718. The van der Waals surface area contributed by atoms with Gasteiger partial charge in [-0.1, -0.05) is 96.8 Å². The Morgan fingerprint density at radius 3 is 1.58 bits per heavy atom. The predicted octanol–water partition coefficient (Wildman–Crippen LogP) is 4.94. The van der Waals surface area contributed by atoms with Crippen molar-refractivity contribution in [2.24, 2.45) is 0 Å². The Hall–Kier alpha value is -0.620. The summed E-state index contributed by atoms with van der Waals surface area (Å²) >= 11 is 0. The van der Waals surface area contributed by atoms with E-state index in [1.54, 1.807) is 0 Å². The van der Waals surface area contributed by atoms with Crippen LogP contribution in [0.3, 0.4) is 0 Å². The molecule has 26 heavy (non-hydrogen) atoms. The van der Waals surface area contributed by atoms with Crippen LogP contribution in [0.4, 0.5) is 0 Å². The molecule has 154 valence electrons. The molecule has 0 heterocycles. The van der Waals surface area contributed by atoms with Crippen LogP contribution >= 0.6 is 0 Å². The Morgan fingerprint density at radius 1 is 0.846 bits per heavy atom. The third-order valence-electron chi connectivity index (χ3n) is 4.75. The summed E-state index contributed by atoms with van der Waals surface area (Å²) in [5.41, 5.74) is 0.